The number of aliphatic carboxylic acids is 1. The fourth-order valence-corrected chi connectivity index (χ4v) is 6.71. The van der Waals surface area contributed by atoms with Gasteiger partial charge in [0, 0.05) is 12.0 Å². The molecule has 5 aliphatic rings. The normalized spacial score (nSPS) is 49.4. The maximum Gasteiger partial charge on any atom is 0.333 e. The molecule has 40 heavy (non-hydrogen) atoms. The van der Waals surface area contributed by atoms with Crippen molar-refractivity contribution >= 4 is 5.97 Å². The van der Waals surface area contributed by atoms with Gasteiger partial charge in [-0.3, -0.25) is 0 Å². The summed E-state index contributed by atoms with van der Waals surface area (Å²) >= 11 is 0. The molecule has 5 fully saturated rings. The van der Waals surface area contributed by atoms with Crippen LogP contribution in [0.2, 0.25) is 0 Å². The molecule has 230 valence electrons. The van der Waals surface area contributed by atoms with Gasteiger partial charge in [0.1, 0.15) is 42.7 Å². The summed E-state index contributed by atoms with van der Waals surface area (Å²) in [5.74, 6) is -1.13. The summed E-state index contributed by atoms with van der Waals surface area (Å²) in [4.78, 5) is 12.2. The summed E-state index contributed by atoms with van der Waals surface area (Å²) in [6, 6.07) is 0. The van der Waals surface area contributed by atoms with E-state index >= 15 is 0 Å². The molecule has 1 spiro atoms. The molecule has 5 rings (SSSR count). The lowest BCUT2D eigenvalue weighted by atomic mass is 9.85. The van der Waals surface area contributed by atoms with Gasteiger partial charge in [-0.2, -0.15) is 0 Å². The number of hydrogen-bond acceptors (Lipinski definition) is 12. The molecule has 0 aromatic heterocycles. The lowest BCUT2D eigenvalue weighted by Gasteiger charge is -2.48. The molecule has 14 atom stereocenters. The Labute approximate surface area is 233 Å². The Morgan fingerprint density at radius 1 is 0.850 bits per heavy atom. The Hall–Kier alpha value is -0.970. The number of aliphatic hydroxyl groups is 5. The van der Waals surface area contributed by atoms with Gasteiger partial charge in [-0.05, 0) is 51.4 Å². The number of fused-ring (bicyclic) bond motifs is 1. The zero-order valence-electron chi connectivity index (χ0n) is 23.0. The smallest absolute Gasteiger partial charge is 0.333 e. The van der Waals surface area contributed by atoms with Crippen LogP contribution < -0.4 is 0 Å². The molecule has 13 heteroatoms. The Kier molecular flexibility index (Phi) is 9.40. The molecule has 2 saturated carbocycles. The van der Waals surface area contributed by atoms with Gasteiger partial charge in [0.25, 0.3) is 0 Å². The van der Waals surface area contributed by atoms with Crippen LogP contribution in [0, 0.1) is 11.3 Å². The first-order valence-electron chi connectivity index (χ1n) is 14.5. The van der Waals surface area contributed by atoms with Crippen LogP contribution in [-0.2, 0) is 33.2 Å². The van der Waals surface area contributed by atoms with Crippen LogP contribution >= 0.6 is 0 Å². The van der Waals surface area contributed by atoms with Crippen molar-refractivity contribution in [3.05, 3.63) is 0 Å². The number of hydrogen-bond donors (Lipinski definition) is 6. The lowest BCUT2D eigenvalue weighted by molar-refractivity contribution is -0.352. The van der Waals surface area contributed by atoms with Gasteiger partial charge in [0.05, 0.1) is 24.9 Å². The highest BCUT2D eigenvalue weighted by Gasteiger charge is 2.58. The third-order valence-electron chi connectivity index (χ3n) is 9.38. The zero-order chi connectivity index (χ0) is 28.8. The van der Waals surface area contributed by atoms with Crippen molar-refractivity contribution in [2.75, 3.05) is 13.2 Å². The summed E-state index contributed by atoms with van der Waals surface area (Å²) in [6.45, 7) is 3.30. The first kappa shape index (κ1) is 30.5. The summed E-state index contributed by atoms with van der Waals surface area (Å²) < 4.78 is 36.5. The molecule has 3 saturated heterocycles. The van der Waals surface area contributed by atoms with E-state index in [1.54, 1.807) is 6.92 Å². The largest absolute Gasteiger partial charge is 0.479 e. The van der Waals surface area contributed by atoms with Crippen LogP contribution in [0.5, 0.6) is 0 Å². The van der Waals surface area contributed by atoms with Crippen molar-refractivity contribution in [3.8, 4) is 0 Å². The Morgan fingerprint density at radius 2 is 1.60 bits per heavy atom. The van der Waals surface area contributed by atoms with E-state index < -0.39 is 97.7 Å². The van der Waals surface area contributed by atoms with Gasteiger partial charge in [-0.1, -0.05) is 13.3 Å². The van der Waals surface area contributed by atoms with Gasteiger partial charge >= 0.3 is 5.97 Å². The molecule has 0 radical (unpaired) electrons. The second-order valence-electron chi connectivity index (χ2n) is 12.2. The average molecular weight is 577 g/mol. The molecule has 3 heterocycles. The van der Waals surface area contributed by atoms with Gasteiger partial charge in [0.15, 0.2) is 18.7 Å². The van der Waals surface area contributed by atoms with Crippen LogP contribution in [0.4, 0.5) is 0 Å². The minimum atomic E-state index is -1.47. The minimum Gasteiger partial charge on any atom is -0.479 e. The second kappa shape index (κ2) is 12.3. The Bertz CT molecular complexity index is 869. The fraction of sp³-hybridized carbons (Fsp3) is 0.963. The molecular formula is C27H44O13. The summed E-state index contributed by atoms with van der Waals surface area (Å²) in [5, 5.41) is 61.9. The second-order valence-corrected chi connectivity index (χ2v) is 12.2. The molecule has 0 bridgehead atoms. The van der Waals surface area contributed by atoms with E-state index in [-0.39, 0.29) is 5.92 Å². The molecule has 0 amide bonds. The maximum absolute atomic E-state index is 12.2. The van der Waals surface area contributed by atoms with Crippen LogP contribution in [0.15, 0.2) is 0 Å². The van der Waals surface area contributed by atoms with E-state index in [4.69, 9.17) is 28.4 Å². The Balaban J connectivity index is 1.36. The third-order valence-corrected chi connectivity index (χ3v) is 9.38. The number of ether oxygens (including phenoxy) is 6. The summed E-state index contributed by atoms with van der Waals surface area (Å²) in [5.41, 5.74) is -0.499. The molecule has 14 unspecified atom stereocenters. The van der Waals surface area contributed by atoms with Crippen molar-refractivity contribution < 1.29 is 63.9 Å². The van der Waals surface area contributed by atoms with Crippen molar-refractivity contribution in [2.45, 2.75) is 139 Å². The summed E-state index contributed by atoms with van der Waals surface area (Å²) in [6.07, 6.45) is -9.25. The van der Waals surface area contributed by atoms with Gasteiger partial charge in [-0.15, -0.1) is 0 Å². The quantitative estimate of drug-likeness (QED) is 0.232. The number of aliphatic hydroxyl groups excluding tert-OH is 5. The van der Waals surface area contributed by atoms with Gasteiger partial charge in [0.2, 0.25) is 0 Å². The maximum atomic E-state index is 12.2. The van der Waals surface area contributed by atoms with Gasteiger partial charge in [-0.25, -0.2) is 4.79 Å². The highest BCUT2D eigenvalue weighted by Crippen LogP contribution is 2.55. The van der Waals surface area contributed by atoms with Gasteiger partial charge < -0.3 is 59.1 Å². The monoisotopic (exact) mass is 576 g/mol. The molecular weight excluding hydrogens is 532 g/mol. The van der Waals surface area contributed by atoms with Crippen molar-refractivity contribution in [3.63, 3.8) is 0 Å². The number of rotatable bonds is 6. The zero-order valence-corrected chi connectivity index (χ0v) is 23.0. The molecule has 2 aliphatic carbocycles. The van der Waals surface area contributed by atoms with Crippen molar-refractivity contribution in [2.24, 2.45) is 11.3 Å². The highest BCUT2D eigenvalue weighted by molar-refractivity contribution is 5.74. The van der Waals surface area contributed by atoms with E-state index in [9.17, 15) is 35.4 Å². The minimum absolute atomic E-state index is 0.0312. The fourth-order valence-electron chi connectivity index (χ4n) is 6.71. The first-order valence-corrected chi connectivity index (χ1v) is 14.5. The number of carboxylic acids is 1. The average Bonchev–Trinajstić information content (AvgIpc) is 3.69. The predicted molar refractivity (Wildman–Crippen MR) is 134 cm³/mol. The predicted octanol–water partition coefficient (Wildman–Crippen LogP) is -0.720. The van der Waals surface area contributed by atoms with E-state index in [0.29, 0.717) is 25.9 Å². The molecule has 3 aliphatic heterocycles. The topological polar surface area (TPSA) is 194 Å². The SMILES string of the molecule is CC1CCCC(OC2OC(CO)C(O)C3OC(C(=O)O)C4(CCCOC23)CC4)C1OC1OC(C)C(O)C(O)C1O. The van der Waals surface area contributed by atoms with Crippen molar-refractivity contribution in [1.29, 1.82) is 0 Å². The number of carbonyl (C=O) groups is 1. The van der Waals surface area contributed by atoms with Crippen LogP contribution in [-0.4, -0.2) is 130 Å². The summed E-state index contributed by atoms with van der Waals surface area (Å²) in [7, 11) is 0. The van der Waals surface area contributed by atoms with E-state index in [2.05, 4.69) is 0 Å². The Morgan fingerprint density at radius 3 is 2.27 bits per heavy atom. The van der Waals surface area contributed by atoms with Crippen molar-refractivity contribution in [1.82, 2.24) is 0 Å². The number of carboxylic acid groups (broad SMARTS) is 1. The first-order chi connectivity index (χ1) is 19.1. The highest BCUT2D eigenvalue weighted by atomic mass is 16.7. The van der Waals surface area contributed by atoms with Crippen LogP contribution in [0.1, 0.15) is 58.8 Å². The van der Waals surface area contributed by atoms with E-state index in [1.807, 2.05) is 6.92 Å². The molecule has 0 aromatic carbocycles. The molecule has 13 nitrogen and oxygen atoms in total. The van der Waals surface area contributed by atoms with E-state index in [1.165, 1.54) is 0 Å². The lowest BCUT2D eigenvalue weighted by Crippen LogP contribution is -2.63. The van der Waals surface area contributed by atoms with E-state index in [0.717, 1.165) is 25.7 Å². The molecule has 6 N–H and O–H groups in total. The standard InChI is InChI=1S/C27H44O13/c1-12-5-3-6-14(20(12)40-25-19(32)18(31)16(29)13(2)36-25)37-26-22-21(17(30)15(11-28)38-26)39-23(24(33)34)27(8-9-27)7-4-10-35-22/h12-23,25-26,28-32H,3-11H2,1-2H3,(H,33,34). The molecule has 0 aromatic rings. The third kappa shape index (κ3) is 5.93. The van der Waals surface area contributed by atoms with Crippen LogP contribution in [0.25, 0.3) is 0 Å². The van der Waals surface area contributed by atoms with Crippen LogP contribution in [0.3, 0.4) is 0 Å².